The number of benzene rings is 1. The highest BCUT2D eigenvalue weighted by Gasteiger charge is 2.69. The molecular weight excluding hydrogens is 396 g/mol. The predicted molar refractivity (Wildman–Crippen MR) is 103 cm³/mol. The Morgan fingerprint density at radius 3 is 2.77 bits per heavy atom. The van der Waals surface area contributed by atoms with Crippen LogP contribution in [-0.4, -0.2) is 65.8 Å². The fraction of sp³-hybridized carbons (Fsp3) is 0.619. The predicted octanol–water partition coefficient (Wildman–Crippen LogP) is 1.32. The molecule has 3 N–H and O–H groups in total. The molecule has 4 unspecified atom stereocenters. The smallest absolute Gasteiger partial charge is 0.322 e. The number of nitrogens with one attached hydrogen (secondary N) is 2. The summed E-state index contributed by atoms with van der Waals surface area (Å²) in [6, 6.07) is 4.64. The van der Waals surface area contributed by atoms with Crippen LogP contribution in [0.4, 0.5) is 13.6 Å². The van der Waals surface area contributed by atoms with Crippen LogP contribution in [0.2, 0.25) is 0 Å². The van der Waals surface area contributed by atoms with E-state index in [1.165, 1.54) is 0 Å². The second-order valence-corrected chi connectivity index (χ2v) is 9.05. The fourth-order valence-corrected chi connectivity index (χ4v) is 6.48. The Kier molecular flexibility index (Phi) is 4.18. The largest absolute Gasteiger partial charge is 0.497 e. The van der Waals surface area contributed by atoms with E-state index in [0.717, 1.165) is 11.1 Å². The molecule has 5 rings (SSSR count). The number of hydrogen-bond donors (Lipinski definition) is 3. The number of carbonyl (C=O) groups excluding carboxylic acids is 2. The molecule has 2 aliphatic carbocycles. The maximum absolute atomic E-state index is 13.3. The molecule has 0 aromatic heterocycles. The first-order valence-corrected chi connectivity index (χ1v) is 10.3. The third kappa shape index (κ3) is 2.48. The molecule has 1 aromatic carbocycles. The first kappa shape index (κ1) is 19.7. The van der Waals surface area contributed by atoms with E-state index in [9.17, 15) is 23.5 Å². The van der Waals surface area contributed by atoms with Crippen molar-refractivity contribution in [2.45, 2.75) is 61.1 Å². The molecule has 1 aromatic rings. The summed E-state index contributed by atoms with van der Waals surface area (Å²) in [5, 5.41) is 17.2. The van der Waals surface area contributed by atoms with E-state index in [-0.39, 0.29) is 25.2 Å². The quantitative estimate of drug-likeness (QED) is 0.641. The topological polar surface area (TPSA) is 90.9 Å². The number of ether oxygens (including phenoxy) is 1. The van der Waals surface area contributed by atoms with Crippen LogP contribution in [0.25, 0.3) is 0 Å². The second-order valence-electron chi connectivity index (χ2n) is 9.05. The van der Waals surface area contributed by atoms with Crippen LogP contribution in [0, 0.1) is 0 Å². The highest BCUT2D eigenvalue weighted by molar-refractivity contribution is 6.07. The third-order valence-corrected chi connectivity index (χ3v) is 7.82. The summed E-state index contributed by atoms with van der Waals surface area (Å²) in [5.41, 5.74) is -1.36. The molecule has 2 saturated heterocycles. The van der Waals surface area contributed by atoms with Gasteiger partial charge in [0.05, 0.1) is 19.3 Å². The Balaban J connectivity index is 1.67. The van der Waals surface area contributed by atoms with Gasteiger partial charge in [-0.1, -0.05) is 6.07 Å². The van der Waals surface area contributed by atoms with Crippen molar-refractivity contribution in [3.8, 4) is 5.75 Å². The molecule has 3 fully saturated rings. The van der Waals surface area contributed by atoms with Gasteiger partial charge in [-0.25, -0.2) is 13.6 Å². The number of fused-ring (bicyclic) bond motifs is 1. The van der Waals surface area contributed by atoms with Gasteiger partial charge >= 0.3 is 6.03 Å². The first-order chi connectivity index (χ1) is 14.2. The molecule has 0 radical (unpaired) electrons. The summed E-state index contributed by atoms with van der Waals surface area (Å²) < 4.78 is 32.0. The number of halogens is 2. The summed E-state index contributed by atoms with van der Waals surface area (Å²) in [4.78, 5) is 26.4. The van der Waals surface area contributed by atoms with Crippen LogP contribution in [-0.2, 0) is 16.6 Å². The molecule has 30 heavy (non-hydrogen) atoms. The zero-order valence-corrected chi connectivity index (χ0v) is 16.7. The Labute approximate surface area is 172 Å². The van der Waals surface area contributed by atoms with E-state index in [0.29, 0.717) is 25.1 Å². The summed E-state index contributed by atoms with van der Waals surface area (Å²) in [6.45, 7) is -0.00345. The van der Waals surface area contributed by atoms with Gasteiger partial charge in [-0.15, -0.1) is 0 Å². The maximum atomic E-state index is 13.3. The summed E-state index contributed by atoms with van der Waals surface area (Å²) in [7, 11) is 1.56. The lowest BCUT2D eigenvalue weighted by Crippen LogP contribution is -2.76. The van der Waals surface area contributed by atoms with Gasteiger partial charge in [-0.05, 0) is 61.9 Å². The van der Waals surface area contributed by atoms with Gasteiger partial charge in [0.2, 0.25) is 0 Å². The number of rotatable bonds is 3. The van der Waals surface area contributed by atoms with Gasteiger partial charge in [0.1, 0.15) is 11.3 Å². The monoisotopic (exact) mass is 421 g/mol. The lowest BCUT2D eigenvalue weighted by atomic mass is 9.46. The molecule has 4 aliphatic rings. The van der Waals surface area contributed by atoms with Crippen molar-refractivity contribution in [1.82, 2.24) is 15.5 Å². The van der Waals surface area contributed by atoms with Gasteiger partial charge < -0.3 is 15.2 Å². The summed E-state index contributed by atoms with van der Waals surface area (Å²) >= 11 is 0. The molecule has 3 amide bonds. The van der Waals surface area contributed by atoms with Crippen molar-refractivity contribution in [1.29, 1.82) is 0 Å². The molecule has 4 atom stereocenters. The lowest BCUT2D eigenvalue weighted by Gasteiger charge is -2.65. The van der Waals surface area contributed by atoms with Gasteiger partial charge in [-0.3, -0.25) is 15.0 Å². The van der Waals surface area contributed by atoms with Crippen molar-refractivity contribution in [3.05, 3.63) is 29.3 Å². The highest BCUT2D eigenvalue weighted by Crippen LogP contribution is 2.60. The van der Waals surface area contributed by atoms with E-state index < -0.39 is 41.6 Å². The molecule has 162 valence electrons. The minimum atomic E-state index is -2.49. The summed E-state index contributed by atoms with van der Waals surface area (Å²) in [5.74, 6) is 0.254. The highest BCUT2D eigenvalue weighted by atomic mass is 19.3. The summed E-state index contributed by atoms with van der Waals surface area (Å²) in [6.07, 6.45) is -0.891. The zero-order valence-electron chi connectivity index (χ0n) is 16.7. The van der Waals surface area contributed by atoms with E-state index in [1.54, 1.807) is 12.0 Å². The van der Waals surface area contributed by atoms with Crippen LogP contribution in [0.15, 0.2) is 18.2 Å². The van der Waals surface area contributed by atoms with Crippen LogP contribution < -0.4 is 15.4 Å². The van der Waals surface area contributed by atoms with Crippen molar-refractivity contribution in [3.63, 3.8) is 0 Å². The zero-order chi connectivity index (χ0) is 21.3. The molecule has 2 aliphatic heterocycles. The molecule has 2 bridgehead atoms. The number of amides is 3. The number of imide groups is 1. The molecular formula is C21H25F2N3O4. The number of piperidine rings is 1. The SMILES string of the molecule is COc1ccc2c(c1)C13CCN(CC(F)F)C(C2)C1(O)CCC1(C3)NC(=O)NC1=O. The Hall–Kier alpha value is -2.26. The van der Waals surface area contributed by atoms with Crippen LogP contribution in [0.5, 0.6) is 5.75 Å². The van der Waals surface area contributed by atoms with Crippen LogP contribution in [0.1, 0.15) is 36.8 Å². The lowest BCUT2D eigenvalue weighted by molar-refractivity contribution is -0.184. The fourth-order valence-electron chi connectivity index (χ4n) is 6.48. The van der Waals surface area contributed by atoms with Gasteiger partial charge in [0.25, 0.3) is 12.3 Å². The van der Waals surface area contributed by atoms with Gasteiger partial charge in [0.15, 0.2) is 0 Å². The number of aliphatic hydroxyl groups is 1. The van der Waals surface area contributed by atoms with E-state index >= 15 is 0 Å². The third-order valence-electron chi connectivity index (χ3n) is 7.82. The van der Waals surface area contributed by atoms with Crippen molar-refractivity contribution < 1.29 is 28.2 Å². The number of hydrogen-bond acceptors (Lipinski definition) is 5. The molecule has 1 spiro atoms. The first-order valence-electron chi connectivity index (χ1n) is 10.3. The van der Waals surface area contributed by atoms with Crippen molar-refractivity contribution in [2.75, 3.05) is 20.2 Å². The number of nitrogens with zero attached hydrogens (tertiary/aromatic N) is 1. The van der Waals surface area contributed by atoms with Crippen LogP contribution >= 0.6 is 0 Å². The number of carbonyl (C=O) groups is 2. The van der Waals surface area contributed by atoms with Gasteiger partial charge in [0, 0.05) is 11.5 Å². The second kappa shape index (κ2) is 6.37. The Bertz CT molecular complexity index is 928. The molecule has 2 heterocycles. The Morgan fingerprint density at radius 1 is 1.30 bits per heavy atom. The van der Waals surface area contributed by atoms with E-state index in [1.807, 2.05) is 18.2 Å². The average molecular weight is 421 g/mol. The number of likely N-dealkylation sites (tertiary alicyclic amines) is 1. The minimum Gasteiger partial charge on any atom is -0.497 e. The van der Waals surface area contributed by atoms with Crippen LogP contribution in [0.3, 0.4) is 0 Å². The number of alkyl halides is 2. The molecule has 7 nitrogen and oxygen atoms in total. The molecule has 1 saturated carbocycles. The van der Waals surface area contributed by atoms with E-state index in [2.05, 4.69) is 10.6 Å². The maximum Gasteiger partial charge on any atom is 0.322 e. The average Bonchev–Trinajstić information content (AvgIpc) is 2.97. The normalized spacial score (nSPS) is 37.6. The minimum absolute atomic E-state index is 0.229. The van der Waals surface area contributed by atoms with E-state index in [4.69, 9.17) is 4.74 Å². The standard InChI is InChI=1S/C21H25F2N3O4/c1-30-13-3-2-12-8-15-21(29)5-4-20(17(27)24-18(28)25-20)11-19(21,14(12)9-13)6-7-26(15)10-16(22)23/h2-3,9,15-16,29H,4-8,10-11H2,1H3,(H2,24,25,27,28). The Morgan fingerprint density at radius 2 is 2.10 bits per heavy atom. The van der Waals surface area contributed by atoms with Gasteiger partial charge in [-0.2, -0.15) is 0 Å². The number of methoxy groups -OCH3 is 1. The van der Waals surface area contributed by atoms with Crippen molar-refractivity contribution >= 4 is 11.9 Å². The number of urea groups is 1. The van der Waals surface area contributed by atoms with Crippen molar-refractivity contribution in [2.24, 2.45) is 0 Å². The molecule has 9 heteroatoms.